The Kier molecular flexibility index (Phi) is 7.84. The first-order chi connectivity index (χ1) is 19.4. The Hall–Kier alpha value is -5.01. The van der Waals surface area contributed by atoms with Gasteiger partial charge >= 0.3 is 0 Å². The van der Waals surface area contributed by atoms with Crippen LogP contribution in [0.1, 0.15) is 16.7 Å². The van der Waals surface area contributed by atoms with Crippen LogP contribution in [0.3, 0.4) is 0 Å². The standard InChI is InChI=1S/C16H13ClN2O2.C16H14N2O/c1-21-12-4-2-3-11(8-12)18-9-14-13-7-10(17)5-6-15(13)19-16(14)20;1-11-6-5-9-14-15(11)13(16(19)18-14)10-17-12-7-3-2-4-8-12/h2-9,19-20H,1H3;2-10,18-19H,1H3. The van der Waals surface area contributed by atoms with E-state index in [2.05, 4.69) is 20.0 Å². The third-order valence-corrected chi connectivity index (χ3v) is 6.56. The van der Waals surface area contributed by atoms with Gasteiger partial charge in [0, 0.05) is 45.3 Å². The van der Waals surface area contributed by atoms with Gasteiger partial charge < -0.3 is 24.9 Å². The molecule has 2 aromatic heterocycles. The van der Waals surface area contributed by atoms with Gasteiger partial charge in [0.15, 0.2) is 11.8 Å². The number of aromatic amines is 2. The number of rotatable bonds is 5. The van der Waals surface area contributed by atoms with Crippen LogP contribution in [0, 0.1) is 6.92 Å². The number of ether oxygens (including phenoxy) is 1. The number of fused-ring (bicyclic) bond motifs is 2. The van der Waals surface area contributed by atoms with Crippen LogP contribution in [0.15, 0.2) is 101 Å². The van der Waals surface area contributed by atoms with Crippen molar-refractivity contribution in [2.75, 3.05) is 7.11 Å². The van der Waals surface area contributed by atoms with Crippen molar-refractivity contribution >= 4 is 57.2 Å². The van der Waals surface area contributed by atoms with Crippen molar-refractivity contribution in [2.45, 2.75) is 6.92 Å². The molecule has 7 nitrogen and oxygen atoms in total. The summed E-state index contributed by atoms with van der Waals surface area (Å²) in [6.07, 6.45) is 3.32. The zero-order chi connectivity index (χ0) is 28.1. The number of hydrogen-bond acceptors (Lipinski definition) is 5. The van der Waals surface area contributed by atoms with Crippen molar-refractivity contribution in [3.05, 3.63) is 113 Å². The highest BCUT2D eigenvalue weighted by Gasteiger charge is 2.11. The fourth-order valence-electron chi connectivity index (χ4n) is 4.35. The Morgan fingerprint density at radius 3 is 2.20 bits per heavy atom. The Bertz CT molecular complexity index is 1840. The molecule has 0 saturated heterocycles. The lowest BCUT2D eigenvalue weighted by Crippen LogP contribution is -1.82. The summed E-state index contributed by atoms with van der Waals surface area (Å²) < 4.78 is 5.15. The molecule has 0 aliphatic rings. The summed E-state index contributed by atoms with van der Waals surface area (Å²) in [5.41, 5.74) is 5.79. The molecule has 0 bridgehead atoms. The summed E-state index contributed by atoms with van der Waals surface area (Å²) in [6.45, 7) is 2.02. The van der Waals surface area contributed by atoms with Gasteiger partial charge in [-0.2, -0.15) is 0 Å². The average Bonchev–Trinajstić information content (AvgIpc) is 3.46. The second kappa shape index (κ2) is 11.8. The number of aliphatic imine (C=N–C) groups is 2. The van der Waals surface area contributed by atoms with E-state index in [9.17, 15) is 10.2 Å². The lowest BCUT2D eigenvalue weighted by atomic mass is 10.1. The van der Waals surface area contributed by atoms with E-state index in [0.717, 1.165) is 50.1 Å². The number of aromatic hydroxyl groups is 2. The molecule has 200 valence electrons. The zero-order valence-electron chi connectivity index (χ0n) is 21.9. The van der Waals surface area contributed by atoms with Gasteiger partial charge in [0.2, 0.25) is 0 Å². The van der Waals surface area contributed by atoms with Gasteiger partial charge in [0.25, 0.3) is 0 Å². The number of methoxy groups -OCH3 is 1. The van der Waals surface area contributed by atoms with Gasteiger partial charge in [-0.25, -0.2) is 0 Å². The predicted molar refractivity (Wildman–Crippen MR) is 164 cm³/mol. The maximum Gasteiger partial charge on any atom is 0.198 e. The first-order valence-electron chi connectivity index (χ1n) is 12.5. The molecule has 40 heavy (non-hydrogen) atoms. The van der Waals surface area contributed by atoms with Gasteiger partial charge in [0.1, 0.15) is 5.75 Å². The summed E-state index contributed by atoms with van der Waals surface area (Å²) in [5, 5.41) is 22.4. The van der Waals surface area contributed by atoms with E-state index in [1.165, 1.54) is 0 Å². The Morgan fingerprint density at radius 2 is 1.40 bits per heavy atom. The molecule has 8 heteroatoms. The number of H-pyrrole nitrogens is 2. The Labute approximate surface area is 236 Å². The molecular formula is C32H27ClN4O3. The lowest BCUT2D eigenvalue weighted by molar-refractivity contribution is 0.415. The number of benzene rings is 4. The molecule has 0 aliphatic carbocycles. The second-order valence-electron chi connectivity index (χ2n) is 9.02. The molecule has 4 N–H and O–H groups in total. The van der Waals surface area contributed by atoms with Crippen LogP contribution >= 0.6 is 11.6 Å². The minimum atomic E-state index is 0.0684. The monoisotopic (exact) mass is 550 g/mol. The third kappa shape index (κ3) is 5.85. The van der Waals surface area contributed by atoms with Gasteiger partial charge in [-0.05, 0) is 61.0 Å². The summed E-state index contributed by atoms with van der Waals surface area (Å²) >= 11 is 6.00. The number of para-hydroxylation sites is 1. The number of aryl methyl sites for hydroxylation is 1. The normalized spacial score (nSPS) is 11.4. The largest absolute Gasteiger partial charge is 0.497 e. The van der Waals surface area contributed by atoms with Crippen LogP contribution in [-0.2, 0) is 0 Å². The number of aromatic nitrogens is 2. The highest BCUT2D eigenvalue weighted by molar-refractivity contribution is 6.31. The SMILES string of the molecule is COc1cccc(N=Cc2c(O)[nH]c3ccc(Cl)cc23)c1.Cc1cccc2[nH]c(O)c(C=Nc3ccccc3)c12. The summed E-state index contributed by atoms with van der Waals surface area (Å²) in [4.78, 5) is 14.6. The molecule has 0 amide bonds. The van der Waals surface area contributed by atoms with E-state index >= 15 is 0 Å². The first kappa shape index (κ1) is 26.6. The fraction of sp³-hybridized carbons (Fsp3) is 0.0625. The van der Waals surface area contributed by atoms with E-state index in [4.69, 9.17) is 16.3 Å². The molecule has 0 radical (unpaired) electrons. The third-order valence-electron chi connectivity index (χ3n) is 6.33. The molecule has 0 aliphatic heterocycles. The van der Waals surface area contributed by atoms with Crippen LogP contribution < -0.4 is 4.74 Å². The smallest absolute Gasteiger partial charge is 0.198 e. The minimum absolute atomic E-state index is 0.0684. The molecule has 4 aromatic carbocycles. The second-order valence-corrected chi connectivity index (χ2v) is 9.45. The van der Waals surface area contributed by atoms with Crippen molar-refractivity contribution in [2.24, 2.45) is 9.98 Å². The lowest BCUT2D eigenvalue weighted by Gasteiger charge is -1.99. The average molecular weight is 551 g/mol. The van der Waals surface area contributed by atoms with Crippen molar-refractivity contribution < 1.29 is 14.9 Å². The van der Waals surface area contributed by atoms with E-state index in [1.54, 1.807) is 31.7 Å². The van der Waals surface area contributed by atoms with E-state index in [-0.39, 0.29) is 11.8 Å². The van der Waals surface area contributed by atoms with Crippen LogP contribution in [0.2, 0.25) is 5.02 Å². The topological polar surface area (TPSA) is 106 Å². The molecule has 0 spiro atoms. The quantitative estimate of drug-likeness (QED) is 0.162. The Morgan fingerprint density at radius 1 is 0.725 bits per heavy atom. The van der Waals surface area contributed by atoms with E-state index in [1.807, 2.05) is 85.8 Å². The van der Waals surface area contributed by atoms with Crippen LogP contribution in [0.25, 0.3) is 21.8 Å². The highest BCUT2D eigenvalue weighted by atomic mass is 35.5. The molecule has 6 aromatic rings. The predicted octanol–water partition coefficient (Wildman–Crippen LogP) is 8.22. The molecule has 6 rings (SSSR count). The van der Waals surface area contributed by atoms with Gasteiger partial charge in [0.05, 0.1) is 29.6 Å². The number of nitrogens with one attached hydrogen (secondary N) is 2. The maximum absolute atomic E-state index is 9.99. The van der Waals surface area contributed by atoms with Crippen molar-refractivity contribution in [1.82, 2.24) is 9.97 Å². The Balaban J connectivity index is 0.000000162. The highest BCUT2D eigenvalue weighted by Crippen LogP contribution is 2.30. The number of halogens is 1. The number of hydrogen-bond donors (Lipinski definition) is 4. The maximum atomic E-state index is 9.99. The van der Waals surface area contributed by atoms with Gasteiger partial charge in [-0.3, -0.25) is 9.98 Å². The first-order valence-corrected chi connectivity index (χ1v) is 12.9. The van der Waals surface area contributed by atoms with Gasteiger partial charge in [-0.15, -0.1) is 0 Å². The summed E-state index contributed by atoms with van der Waals surface area (Å²) in [5.74, 6) is 0.957. The molecule has 2 heterocycles. The minimum Gasteiger partial charge on any atom is -0.497 e. The van der Waals surface area contributed by atoms with Crippen LogP contribution in [0.5, 0.6) is 17.5 Å². The van der Waals surface area contributed by atoms with Crippen LogP contribution in [0.4, 0.5) is 11.4 Å². The number of nitrogens with zero attached hydrogens (tertiary/aromatic N) is 2. The molecule has 0 atom stereocenters. The summed E-state index contributed by atoms with van der Waals surface area (Å²) in [6, 6.07) is 28.4. The fourth-order valence-corrected chi connectivity index (χ4v) is 4.52. The van der Waals surface area contributed by atoms with E-state index in [0.29, 0.717) is 10.6 Å². The van der Waals surface area contributed by atoms with Crippen molar-refractivity contribution in [1.29, 1.82) is 0 Å². The van der Waals surface area contributed by atoms with E-state index < -0.39 is 0 Å². The summed E-state index contributed by atoms with van der Waals surface area (Å²) in [7, 11) is 1.61. The molecule has 0 saturated carbocycles. The zero-order valence-corrected chi connectivity index (χ0v) is 22.6. The van der Waals surface area contributed by atoms with Gasteiger partial charge in [-0.1, -0.05) is 48.0 Å². The van der Waals surface area contributed by atoms with Crippen molar-refractivity contribution in [3.63, 3.8) is 0 Å². The van der Waals surface area contributed by atoms with Crippen molar-refractivity contribution in [3.8, 4) is 17.5 Å². The van der Waals surface area contributed by atoms with Crippen LogP contribution in [-0.4, -0.2) is 39.7 Å². The molecule has 0 unspecified atom stereocenters. The molecule has 0 fully saturated rings. The molecular weight excluding hydrogens is 524 g/mol.